The summed E-state index contributed by atoms with van der Waals surface area (Å²) in [5.74, 6) is 0. The number of azo groups is 1. The lowest BCUT2D eigenvalue weighted by Gasteiger charge is -2.30. The number of nitrogens with two attached hydrogens (primary N) is 1. The second kappa shape index (κ2) is 7.21. The molecule has 0 bridgehead atoms. The first-order valence-corrected chi connectivity index (χ1v) is 7.41. The summed E-state index contributed by atoms with van der Waals surface area (Å²) in [6, 6.07) is 12.6. The first-order valence-electron chi connectivity index (χ1n) is 7.41. The lowest BCUT2D eigenvalue weighted by Crippen LogP contribution is -2.40. The third kappa shape index (κ3) is 4.28. The Morgan fingerprint density at radius 1 is 0.957 bits per heavy atom. The van der Waals surface area contributed by atoms with Gasteiger partial charge in [0.15, 0.2) is 0 Å². The van der Waals surface area contributed by atoms with Crippen molar-refractivity contribution in [3.8, 4) is 0 Å². The number of nitrogens with zero attached hydrogens (tertiary/aromatic N) is 3. The molecule has 4 N–H and O–H groups in total. The van der Waals surface area contributed by atoms with Crippen molar-refractivity contribution in [1.29, 1.82) is 0 Å². The van der Waals surface area contributed by atoms with Gasteiger partial charge in [0.05, 0.1) is 11.4 Å². The normalized spacial score (nSPS) is 14.0. The predicted molar refractivity (Wildman–Crippen MR) is 92.1 cm³/mol. The highest BCUT2D eigenvalue weighted by atomic mass is 16.3. The van der Waals surface area contributed by atoms with Crippen LogP contribution >= 0.6 is 0 Å². The number of benzene rings is 2. The van der Waals surface area contributed by atoms with E-state index in [1.54, 1.807) is 44.2 Å². The Labute approximate surface area is 135 Å². The van der Waals surface area contributed by atoms with Crippen molar-refractivity contribution in [2.75, 3.05) is 10.6 Å². The fourth-order valence-electron chi connectivity index (χ4n) is 2.31. The summed E-state index contributed by atoms with van der Waals surface area (Å²) >= 11 is 0. The number of hydrogen-bond acceptors (Lipinski definition) is 6. The van der Waals surface area contributed by atoms with Crippen LogP contribution in [0.5, 0.6) is 0 Å². The molecule has 0 aromatic heterocycles. The fourth-order valence-corrected chi connectivity index (χ4v) is 2.31. The zero-order chi connectivity index (χ0) is 17.0. The van der Waals surface area contributed by atoms with Gasteiger partial charge in [0.2, 0.25) is 0 Å². The van der Waals surface area contributed by atoms with Gasteiger partial charge in [-0.05, 0) is 68.8 Å². The van der Waals surface area contributed by atoms with Crippen LogP contribution in [0.25, 0.3) is 0 Å². The van der Waals surface area contributed by atoms with Crippen LogP contribution in [-0.2, 0) is 0 Å². The number of aliphatic hydroxyl groups is 2. The van der Waals surface area contributed by atoms with Crippen molar-refractivity contribution in [2.45, 2.75) is 33.2 Å². The summed E-state index contributed by atoms with van der Waals surface area (Å²) in [6.45, 7) is 5.12. The third-order valence-electron chi connectivity index (χ3n) is 3.45. The zero-order valence-electron chi connectivity index (χ0n) is 13.5. The molecule has 23 heavy (non-hydrogen) atoms. The minimum Gasteiger partial charge on any atom is -0.399 e. The van der Waals surface area contributed by atoms with E-state index in [1.807, 2.05) is 19.1 Å². The number of rotatable bonds is 5. The number of nitrogen functional groups attached to an aromatic ring is 1. The molecule has 0 saturated carbocycles. The van der Waals surface area contributed by atoms with Gasteiger partial charge < -0.3 is 20.8 Å². The maximum Gasteiger partial charge on any atom is 0.126 e. The third-order valence-corrected chi connectivity index (χ3v) is 3.45. The second-order valence-electron chi connectivity index (χ2n) is 5.43. The van der Waals surface area contributed by atoms with Crippen molar-refractivity contribution in [3.63, 3.8) is 0 Å². The first-order chi connectivity index (χ1) is 10.9. The highest BCUT2D eigenvalue weighted by molar-refractivity contribution is 5.58. The molecule has 2 aromatic rings. The lowest BCUT2D eigenvalue weighted by atomic mass is 10.1. The summed E-state index contributed by atoms with van der Waals surface area (Å²) in [5.41, 5.74) is 9.38. The molecule has 122 valence electrons. The van der Waals surface area contributed by atoms with Crippen molar-refractivity contribution in [3.05, 3.63) is 48.0 Å². The smallest absolute Gasteiger partial charge is 0.126 e. The van der Waals surface area contributed by atoms with Crippen LogP contribution in [0, 0.1) is 6.92 Å². The van der Waals surface area contributed by atoms with Crippen molar-refractivity contribution in [1.82, 2.24) is 0 Å². The number of anilines is 2. The summed E-state index contributed by atoms with van der Waals surface area (Å²) in [4.78, 5) is 1.51. The molecule has 2 unspecified atom stereocenters. The second-order valence-corrected chi connectivity index (χ2v) is 5.43. The van der Waals surface area contributed by atoms with Crippen LogP contribution in [0.15, 0.2) is 52.7 Å². The van der Waals surface area contributed by atoms with E-state index < -0.39 is 12.5 Å². The molecule has 0 amide bonds. The maximum atomic E-state index is 9.78. The number of aliphatic hydroxyl groups excluding tert-OH is 2. The Bertz CT molecular complexity index is 673. The van der Waals surface area contributed by atoms with Gasteiger partial charge in [0, 0.05) is 11.4 Å². The van der Waals surface area contributed by atoms with E-state index in [2.05, 4.69) is 10.2 Å². The van der Waals surface area contributed by atoms with Crippen LogP contribution in [0.2, 0.25) is 0 Å². The highest BCUT2D eigenvalue weighted by Crippen LogP contribution is 2.28. The Balaban J connectivity index is 2.23. The van der Waals surface area contributed by atoms with E-state index in [0.29, 0.717) is 5.69 Å². The Morgan fingerprint density at radius 2 is 1.57 bits per heavy atom. The maximum absolute atomic E-state index is 9.78. The molecule has 0 aliphatic heterocycles. The van der Waals surface area contributed by atoms with Gasteiger partial charge in [-0.15, -0.1) is 0 Å². The van der Waals surface area contributed by atoms with Gasteiger partial charge in [0.25, 0.3) is 0 Å². The first kappa shape index (κ1) is 16.9. The molecule has 0 radical (unpaired) electrons. The molecule has 0 aliphatic rings. The minimum atomic E-state index is -0.795. The van der Waals surface area contributed by atoms with Crippen molar-refractivity contribution in [2.24, 2.45) is 10.2 Å². The molecule has 0 aliphatic carbocycles. The zero-order valence-corrected chi connectivity index (χ0v) is 13.5. The van der Waals surface area contributed by atoms with Crippen LogP contribution in [0.1, 0.15) is 19.4 Å². The topological polar surface area (TPSA) is 94.4 Å². The van der Waals surface area contributed by atoms with E-state index in [4.69, 9.17) is 5.73 Å². The Hall–Kier alpha value is -2.44. The summed E-state index contributed by atoms with van der Waals surface area (Å²) in [5, 5.41) is 28.0. The highest BCUT2D eigenvalue weighted by Gasteiger charge is 2.17. The SMILES string of the molecule is Cc1cc(N(C(C)O)C(C)O)ccc1N=Nc1ccc(N)cc1. The van der Waals surface area contributed by atoms with E-state index in [1.165, 1.54) is 4.90 Å². The monoisotopic (exact) mass is 314 g/mol. The summed E-state index contributed by atoms with van der Waals surface area (Å²) < 4.78 is 0. The van der Waals surface area contributed by atoms with E-state index in [9.17, 15) is 10.2 Å². The Kier molecular flexibility index (Phi) is 5.31. The van der Waals surface area contributed by atoms with Crippen LogP contribution in [-0.4, -0.2) is 22.7 Å². The molecule has 2 aromatic carbocycles. The molecule has 0 heterocycles. The standard InChI is InChI=1S/C17H22N4O2/c1-11-10-16(21(12(2)22)13(3)23)8-9-17(11)20-19-15-6-4-14(18)5-7-15/h4-10,12-13,22-23H,18H2,1-3H3. The fraction of sp³-hybridized carbons (Fsp3) is 0.294. The quantitative estimate of drug-likeness (QED) is 0.447. The summed E-state index contributed by atoms with van der Waals surface area (Å²) in [7, 11) is 0. The van der Waals surface area contributed by atoms with Crippen molar-refractivity contribution >= 4 is 22.7 Å². The number of hydrogen-bond donors (Lipinski definition) is 3. The van der Waals surface area contributed by atoms with Crippen LogP contribution in [0.3, 0.4) is 0 Å². The van der Waals surface area contributed by atoms with Crippen LogP contribution in [0.4, 0.5) is 22.7 Å². The van der Waals surface area contributed by atoms with Gasteiger partial charge >= 0.3 is 0 Å². The van der Waals surface area contributed by atoms with E-state index in [-0.39, 0.29) is 0 Å². The molecule has 6 nitrogen and oxygen atoms in total. The van der Waals surface area contributed by atoms with E-state index >= 15 is 0 Å². The average molecular weight is 314 g/mol. The molecule has 2 atom stereocenters. The molecular weight excluding hydrogens is 292 g/mol. The predicted octanol–water partition coefficient (Wildman–Crippen LogP) is 3.48. The molecule has 0 spiro atoms. The lowest BCUT2D eigenvalue weighted by molar-refractivity contribution is 0.105. The minimum absolute atomic E-state index is 0.681. The molecule has 0 saturated heterocycles. The van der Waals surface area contributed by atoms with Crippen molar-refractivity contribution < 1.29 is 10.2 Å². The molecule has 6 heteroatoms. The van der Waals surface area contributed by atoms with Gasteiger partial charge in [0.1, 0.15) is 12.5 Å². The van der Waals surface area contributed by atoms with Gasteiger partial charge in [-0.1, -0.05) is 0 Å². The molecule has 0 fully saturated rings. The van der Waals surface area contributed by atoms with Gasteiger partial charge in [-0.2, -0.15) is 10.2 Å². The largest absolute Gasteiger partial charge is 0.399 e. The van der Waals surface area contributed by atoms with Gasteiger partial charge in [-0.25, -0.2) is 0 Å². The Morgan fingerprint density at radius 3 is 2.09 bits per heavy atom. The summed E-state index contributed by atoms with van der Waals surface area (Å²) in [6.07, 6.45) is -1.59. The number of aryl methyl sites for hydroxylation is 1. The molecule has 2 rings (SSSR count). The van der Waals surface area contributed by atoms with Crippen LogP contribution < -0.4 is 10.6 Å². The van der Waals surface area contributed by atoms with Gasteiger partial charge in [-0.3, -0.25) is 0 Å². The average Bonchev–Trinajstić information content (AvgIpc) is 2.47. The molecular formula is C17H22N4O2. The van der Waals surface area contributed by atoms with E-state index in [0.717, 1.165) is 22.6 Å².